The molecular formula is C28H28FN3O2. The second-order valence-corrected chi connectivity index (χ2v) is 9.31. The Kier molecular flexibility index (Phi) is 6.14. The Hall–Kier alpha value is -3.54. The molecule has 2 aromatic carbocycles. The largest absolute Gasteiger partial charge is 0.389 e. The standard InChI is InChI=1S/C28H28FN3O2/c1-19(25-11-10-24(29)18-30-25)31-27(33)23-15-21(20-8-4-2-5-9-20)14-22(16-23)26-17-28(34-32-26)12-6-3-7-13-28/h2,4-5,8-11,14-16,18-19H,3,6-7,12-13,17H2,1H3,(H,31,33)/t19-/m1/s1. The molecule has 2 heterocycles. The van der Waals surface area contributed by atoms with Crippen LogP contribution in [0.1, 0.15) is 73.1 Å². The zero-order valence-electron chi connectivity index (χ0n) is 19.3. The van der Waals surface area contributed by atoms with Crippen molar-refractivity contribution >= 4 is 11.6 Å². The number of oxime groups is 1. The normalized spacial score (nSPS) is 17.6. The fourth-order valence-corrected chi connectivity index (χ4v) is 4.86. The third kappa shape index (κ3) is 4.72. The molecule has 1 aromatic heterocycles. The zero-order valence-corrected chi connectivity index (χ0v) is 19.3. The van der Waals surface area contributed by atoms with E-state index in [0.29, 0.717) is 11.3 Å². The van der Waals surface area contributed by atoms with Crippen molar-refractivity contribution in [2.24, 2.45) is 5.16 Å². The molecule has 6 heteroatoms. The number of benzene rings is 2. The van der Waals surface area contributed by atoms with Crippen LogP contribution in [0.2, 0.25) is 0 Å². The molecule has 5 rings (SSSR count). The van der Waals surface area contributed by atoms with E-state index in [1.807, 2.05) is 49.4 Å². The van der Waals surface area contributed by atoms with Crippen LogP contribution in [0.4, 0.5) is 4.39 Å². The molecule has 0 unspecified atom stereocenters. The minimum Gasteiger partial charge on any atom is -0.389 e. The van der Waals surface area contributed by atoms with E-state index in [1.54, 1.807) is 6.07 Å². The summed E-state index contributed by atoms with van der Waals surface area (Å²) in [4.78, 5) is 23.3. The first-order valence-electron chi connectivity index (χ1n) is 11.9. The van der Waals surface area contributed by atoms with E-state index in [-0.39, 0.29) is 17.6 Å². The van der Waals surface area contributed by atoms with E-state index in [1.165, 1.54) is 12.5 Å². The summed E-state index contributed by atoms with van der Waals surface area (Å²) in [5, 5.41) is 7.46. The maximum Gasteiger partial charge on any atom is 0.251 e. The number of halogens is 1. The Morgan fingerprint density at radius 2 is 1.76 bits per heavy atom. The fraction of sp³-hybridized carbons (Fsp3) is 0.321. The molecule has 1 amide bonds. The lowest BCUT2D eigenvalue weighted by atomic mass is 9.80. The van der Waals surface area contributed by atoms with Crippen molar-refractivity contribution in [2.75, 3.05) is 0 Å². The smallest absolute Gasteiger partial charge is 0.251 e. The highest BCUT2D eigenvalue weighted by atomic mass is 19.1. The quantitative estimate of drug-likeness (QED) is 0.496. The number of rotatable bonds is 5. The van der Waals surface area contributed by atoms with Gasteiger partial charge in [0.2, 0.25) is 0 Å². The number of hydrogen-bond donors (Lipinski definition) is 1. The molecule has 1 N–H and O–H groups in total. The summed E-state index contributed by atoms with van der Waals surface area (Å²) in [5.74, 6) is -0.623. The van der Waals surface area contributed by atoms with E-state index in [9.17, 15) is 9.18 Å². The lowest BCUT2D eigenvalue weighted by molar-refractivity contribution is -0.0449. The van der Waals surface area contributed by atoms with Gasteiger partial charge in [0, 0.05) is 17.5 Å². The van der Waals surface area contributed by atoms with Gasteiger partial charge in [0.15, 0.2) is 0 Å². The molecule has 1 atom stereocenters. The van der Waals surface area contributed by atoms with Crippen LogP contribution in [0, 0.1) is 5.82 Å². The molecular weight excluding hydrogens is 429 g/mol. The highest BCUT2D eigenvalue weighted by Gasteiger charge is 2.40. The van der Waals surface area contributed by atoms with Gasteiger partial charge in [-0.15, -0.1) is 0 Å². The summed E-state index contributed by atoms with van der Waals surface area (Å²) in [5.41, 5.74) is 4.71. The number of aromatic nitrogens is 1. The van der Waals surface area contributed by atoms with Crippen molar-refractivity contribution in [1.29, 1.82) is 0 Å². The van der Waals surface area contributed by atoms with Gasteiger partial charge in [-0.1, -0.05) is 41.9 Å². The van der Waals surface area contributed by atoms with E-state index in [2.05, 4.69) is 21.5 Å². The monoisotopic (exact) mass is 457 g/mol. The molecule has 1 spiro atoms. The van der Waals surface area contributed by atoms with Crippen molar-refractivity contribution in [2.45, 2.75) is 57.1 Å². The van der Waals surface area contributed by atoms with Gasteiger partial charge >= 0.3 is 0 Å². The van der Waals surface area contributed by atoms with Crippen molar-refractivity contribution < 1.29 is 14.0 Å². The topological polar surface area (TPSA) is 63.6 Å². The van der Waals surface area contributed by atoms with Crippen molar-refractivity contribution in [1.82, 2.24) is 10.3 Å². The molecule has 2 aliphatic rings. The van der Waals surface area contributed by atoms with Gasteiger partial charge in [-0.25, -0.2) is 4.39 Å². The first-order chi connectivity index (χ1) is 16.5. The number of nitrogens with zero attached hydrogens (tertiary/aromatic N) is 2. The first-order valence-corrected chi connectivity index (χ1v) is 11.9. The van der Waals surface area contributed by atoms with Crippen LogP contribution in [0.5, 0.6) is 0 Å². The van der Waals surface area contributed by atoms with Crippen LogP contribution in [0.15, 0.2) is 72.0 Å². The first kappa shape index (κ1) is 22.3. The molecule has 1 aliphatic carbocycles. The predicted octanol–water partition coefficient (Wildman–Crippen LogP) is 6.21. The molecule has 174 valence electrons. The lowest BCUT2D eigenvalue weighted by Gasteiger charge is -2.30. The summed E-state index contributed by atoms with van der Waals surface area (Å²) >= 11 is 0. The van der Waals surface area contributed by atoms with E-state index < -0.39 is 5.82 Å². The maximum absolute atomic E-state index is 13.3. The second kappa shape index (κ2) is 9.37. The molecule has 0 radical (unpaired) electrons. The fourth-order valence-electron chi connectivity index (χ4n) is 4.86. The van der Waals surface area contributed by atoms with Crippen molar-refractivity contribution in [3.05, 3.63) is 89.5 Å². The number of pyridine rings is 1. The molecule has 0 saturated heterocycles. The number of amides is 1. The minimum absolute atomic E-state index is 0.193. The van der Waals surface area contributed by atoms with Gasteiger partial charge < -0.3 is 10.2 Å². The molecule has 1 saturated carbocycles. The third-order valence-corrected chi connectivity index (χ3v) is 6.78. The van der Waals surface area contributed by atoms with Gasteiger partial charge in [-0.2, -0.15) is 0 Å². The number of carbonyl (C=O) groups excluding carboxylic acids is 1. The maximum atomic E-state index is 13.3. The van der Waals surface area contributed by atoms with Crippen molar-refractivity contribution in [3.63, 3.8) is 0 Å². The Labute approximate surface area is 199 Å². The Morgan fingerprint density at radius 3 is 2.50 bits per heavy atom. The molecule has 34 heavy (non-hydrogen) atoms. The van der Waals surface area contributed by atoms with E-state index in [4.69, 9.17) is 4.84 Å². The van der Waals surface area contributed by atoms with Crippen molar-refractivity contribution in [3.8, 4) is 11.1 Å². The van der Waals surface area contributed by atoms with Crippen LogP contribution in [-0.4, -0.2) is 22.2 Å². The number of carbonyl (C=O) groups is 1. The van der Waals surface area contributed by atoms with E-state index >= 15 is 0 Å². The molecule has 3 aromatic rings. The molecule has 5 nitrogen and oxygen atoms in total. The second-order valence-electron chi connectivity index (χ2n) is 9.31. The highest BCUT2D eigenvalue weighted by Crippen LogP contribution is 2.40. The van der Waals surface area contributed by atoms with Crippen LogP contribution < -0.4 is 5.32 Å². The zero-order chi connectivity index (χ0) is 23.5. The summed E-state index contributed by atoms with van der Waals surface area (Å²) in [6.45, 7) is 1.84. The molecule has 1 fully saturated rings. The van der Waals surface area contributed by atoms with Gasteiger partial charge in [-0.3, -0.25) is 9.78 Å². The van der Waals surface area contributed by atoms with Crippen LogP contribution >= 0.6 is 0 Å². The van der Waals surface area contributed by atoms with E-state index in [0.717, 1.165) is 60.7 Å². The van der Waals surface area contributed by atoms with Gasteiger partial charge in [0.25, 0.3) is 5.91 Å². The summed E-state index contributed by atoms with van der Waals surface area (Å²) < 4.78 is 13.2. The third-order valence-electron chi connectivity index (χ3n) is 6.78. The number of nitrogens with one attached hydrogen (secondary N) is 1. The Morgan fingerprint density at radius 1 is 1.00 bits per heavy atom. The average Bonchev–Trinajstić information content (AvgIpc) is 3.28. The highest BCUT2D eigenvalue weighted by molar-refractivity contribution is 6.05. The summed E-state index contributed by atoms with van der Waals surface area (Å²) in [6.07, 6.45) is 7.54. The molecule has 1 aliphatic heterocycles. The number of hydrogen-bond acceptors (Lipinski definition) is 4. The van der Waals surface area contributed by atoms with Gasteiger partial charge in [0.05, 0.1) is 23.6 Å². The van der Waals surface area contributed by atoms with Gasteiger partial charge in [0.1, 0.15) is 11.4 Å². The van der Waals surface area contributed by atoms with Crippen LogP contribution in [0.25, 0.3) is 11.1 Å². The molecule has 0 bridgehead atoms. The Bertz CT molecular complexity index is 1200. The summed E-state index contributed by atoms with van der Waals surface area (Å²) in [7, 11) is 0. The van der Waals surface area contributed by atoms with Crippen LogP contribution in [-0.2, 0) is 4.84 Å². The SMILES string of the molecule is C[C@@H](NC(=O)c1cc(C2=NOC3(CCCCC3)C2)cc(-c2ccccc2)c1)c1ccc(F)cn1. The lowest BCUT2D eigenvalue weighted by Crippen LogP contribution is -2.31. The Balaban J connectivity index is 1.44. The summed E-state index contributed by atoms with van der Waals surface area (Å²) in [6, 6.07) is 18.4. The minimum atomic E-state index is -0.405. The predicted molar refractivity (Wildman–Crippen MR) is 130 cm³/mol. The van der Waals surface area contributed by atoms with Crippen LogP contribution in [0.3, 0.4) is 0 Å². The van der Waals surface area contributed by atoms with Gasteiger partial charge in [-0.05, 0) is 74.1 Å². The average molecular weight is 458 g/mol.